The molecule has 0 fully saturated rings. The summed E-state index contributed by atoms with van der Waals surface area (Å²) in [4.78, 5) is 3.10. The molecule has 1 rings (SSSR count). The molecule has 0 saturated heterocycles. The third-order valence-corrected chi connectivity index (χ3v) is 1.70. The van der Waals surface area contributed by atoms with Crippen molar-refractivity contribution in [3.8, 4) is 6.07 Å². The van der Waals surface area contributed by atoms with Crippen LogP contribution in [0.2, 0.25) is 0 Å². The van der Waals surface area contributed by atoms with Crippen molar-refractivity contribution in [2.45, 2.75) is 19.0 Å². The van der Waals surface area contributed by atoms with E-state index in [1.807, 2.05) is 0 Å². The first kappa shape index (κ1) is 12.4. The van der Waals surface area contributed by atoms with E-state index in [-0.39, 0.29) is 11.8 Å². The summed E-state index contributed by atoms with van der Waals surface area (Å²) in [5.41, 5.74) is -2.50. The molecular weight excluding hydrogens is 231 g/mol. The first-order chi connectivity index (χ1) is 7.34. The van der Waals surface area contributed by atoms with Crippen LogP contribution in [0.4, 0.5) is 22.0 Å². The number of nitriles is 1. The molecule has 0 aliphatic carbocycles. The maximum Gasteiger partial charge on any atom is 0.433 e. The van der Waals surface area contributed by atoms with E-state index in [0.29, 0.717) is 0 Å². The van der Waals surface area contributed by atoms with Gasteiger partial charge in [0.2, 0.25) is 0 Å². The van der Waals surface area contributed by atoms with Crippen LogP contribution >= 0.6 is 0 Å². The van der Waals surface area contributed by atoms with Gasteiger partial charge in [0.15, 0.2) is 0 Å². The van der Waals surface area contributed by atoms with E-state index in [2.05, 4.69) is 4.98 Å². The topological polar surface area (TPSA) is 36.7 Å². The Morgan fingerprint density at radius 2 is 1.94 bits per heavy atom. The molecule has 0 N–H and O–H groups in total. The molecule has 0 atom stereocenters. The van der Waals surface area contributed by atoms with Crippen molar-refractivity contribution in [3.05, 3.63) is 29.1 Å². The third kappa shape index (κ3) is 2.89. The minimum absolute atomic E-state index is 0.283. The molecule has 1 aromatic rings. The largest absolute Gasteiger partial charge is 0.433 e. The summed E-state index contributed by atoms with van der Waals surface area (Å²) < 4.78 is 61.3. The normalized spacial score (nSPS) is 11.6. The van der Waals surface area contributed by atoms with Crippen LogP contribution in [0.3, 0.4) is 0 Å². The number of aromatic nitrogens is 1. The van der Waals surface area contributed by atoms with Crippen LogP contribution in [-0.2, 0) is 12.6 Å². The van der Waals surface area contributed by atoms with Crippen molar-refractivity contribution < 1.29 is 22.0 Å². The Labute approximate surface area is 87.3 Å². The van der Waals surface area contributed by atoms with E-state index in [1.54, 1.807) is 6.07 Å². The van der Waals surface area contributed by atoms with Gasteiger partial charge in [-0.1, -0.05) is 0 Å². The average molecular weight is 236 g/mol. The Balaban J connectivity index is 3.25. The Bertz CT molecular complexity index is 419. The van der Waals surface area contributed by atoms with Gasteiger partial charge >= 0.3 is 6.18 Å². The summed E-state index contributed by atoms with van der Waals surface area (Å²) in [6.07, 6.45) is -8.26. The summed E-state index contributed by atoms with van der Waals surface area (Å²) in [6, 6.07) is 2.63. The lowest BCUT2D eigenvalue weighted by Gasteiger charge is -2.09. The Hall–Kier alpha value is -1.71. The van der Waals surface area contributed by atoms with Gasteiger partial charge in [0.1, 0.15) is 5.69 Å². The maximum atomic E-state index is 12.3. The van der Waals surface area contributed by atoms with E-state index in [1.165, 1.54) is 0 Å². The third-order valence-electron chi connectivity index (χ3n) is 1.70. The van der Waals surface area contributed by atoms with E-state index >= 15 is 0 Å². The second-order valence-electron chi connectivity index (χ2n) is 2.91. The van der Waals surface area contributed by atoms with Crippen LogP contribution in [0.1, 0.15) is 23.4 Å². The van der Waals surface area contributed by atoms with E-state index in [0.717, 1.165) is 6.07 Å². The van der Waals surface area contributed by atoms with Gasteiger partial charge in [0, 0.05) is 5.56 Å². The van der Waals surface area contributed by atoms with Crippen LogP contribution in [0.15, 0.2) is 12.1 Å². The fourth-order valence-corrected chi connectivity index (χ4v) is 1.05. The zero-order valence-corrected chi connectivity index (χ0v) is 7.72. The fourth-order valence-electron chi connectivity index (χ4n) is 1.05. The molecule has 1 aromatic heterocycles. The Kier molecular flexibility index (Phi) is 3.42. The second kappa shape index (κ2) is 4.43. The number of rotatable bonds is 2. The maximum absolute atomic E-state index is 12.3. The number of pyridine rings is 1. The molecule has 0 spiro atoms. The smallest absolute Gasteiger partial charge is 0.247 e. The molecule has 0 unspecified atom stereocenters. The minimum atomic E-state index is -4.80. The van der Waals surface area contributed by atoms with Gasteiger partial charge in [-0.2, -0.15) is 18.4 Å². The molecule has 0 aromatic carbocycles. The SMILES string of the molecule is N#CCc1cc(C(F)F)cc(C(F)(F)F)n1. The summed E-state index contributed by atoms with van der Waals surface area (Å²) in [6.45, 7) is 0. The summed E-state index contributed by atoms with van der Waals surface area (Å²) in [5.74, 6) is 0. The molecule has 2 nitrogen and oxygen atoms in total. The monoisotopic (exact) mass is 236 g/mol. The predicted molar refractivity (Wildman–Crippen MR) is 43.5 cm³/mol. The van der Waals surface area contributed by atoms with Gasteiger partial charge in [0.25, 0.3) is 6.43 Å². The molecule has 7 heteroatoms. The van der Waals surface area contributed by atoms with Crippen LogP contribution < -0.4 is 0 Å². The van der Waals surface area contributed by atoms with Gasteiger partial charge in [-0.25, -0.2) is 13.8 Å². The van der Waals surface area contributed by atoms with Crippen molar-refractivity contribution >= 4 is 0 Å². The van der Waals surface area contributed by atoms with Gasteiger partial charge < -0.3 is 0 Å². The highest BCUT2D eigenvalue weighted by Gasteiger charge is 2.33. The second-order valence-corrected chi connectivity index (χ2v) is 2.91. The Morgan fingerprint density at radius 3 is 2.38 bits per heavy atom. The van der Waals surface area contributed by atoms with Crippen LogP contribution in [0.25, 0.3) is 0 Å². The number of hydrogen-bond donors (Lipinski definition) is 0. The molecule has 86 valence electrons. The molecule has 0 radical (unpaired) electrons. The molecular formula is C9H5F5N2. The van der Waals surface area contributed by atoms with Gasteiger partial charge in [-0.05, 0) is 12.1 Å². The average Bonchev–Trinajstić information content (AvgIpc) is 2.16. The first-order valence-corrected chi connectivity index (χ1v) is 4.07. The molecule has 1 heterocycles. The number of halogens is 5. The molecule has 0 amide bonds. The van der Waals surface area contributed by atoms with Crippen molar-refractivity contribution in [3.63, 3.8) is 0 Å². The number of hydrogen-bond acceptors (Lipinski definition) is 2. The summed E-state index contributed by atoms with van der Waals surface area (Å²) >= 11 is 0. The van der Waals surface area contributed by atoms with Gasteiger partial charge in [0.05, 0.1) is 18.2 Å². The quantitative estimate of drug-likeness (QED) is 0.740. The minimum Gasteiger partial charge on any atom is -0.247 e. The first-order valence-electron chi connectivity index (χ1n) is 4.07. The zero-order chi connectivity index (χ0) is 12.3. The van der Waals surface area contributed by atoms with Crippen molar-refractivity contribution in [1.82, 2.24) is 4.98 Å². The van der Waals surface area contributed by atoms with E-state index in [4.69, 9.17) is 5.26 Å². The molecule has 0 saturated carbocycles. The fraction of sp³-hybridized carbons (Fsp3) is 0.333. The van der Waals surface area contributed by atoms with E-state index < -0.39 is 30.3 Å². The summed E-state index contributed by atoms with van der Waals surface area (Å²) in [7, 11) is 0. The van der Waals surface area contributed by atoms with E-state index in [9.17, 15) is 22.0 Å². The highest BCUT2D eigenvalue weighted by Crippen LogP contribution is 2.31. The molecule has 16 heavy (non-hydrogen) atoms. The lowest BCUT2D eigenvalue weighted by Crippen LogP contribution is -2.10. The summed E-state index contributed by atoms with van der Waals surface area (Å²) in [5, 5.41) is 8.28. The van der Waals surface area contributed by atoms with Crippen LogP contribution in [-0.4, -0.2) is 4.98 Å². The number of alkyl halides is 5. The Morgan fingerprint density at radius 1 is 1.31 bits per heavy atom. The molecule has 0 aliphatic rings. The highest BCUT2D eigenvalue weighted by molar-refractivity contribution is 5.25. The number of nitrogens with zero attached hydrogens (tertiary/aromatic N) is 2. The predicted octanol–water partition coefficient (Wildman–Crippen LogP) is 3.10. The molecule has 0 bridgehead atoms. The van der Waals surface area contributed by atoms with Gasteiger partial charge in [-0.15, -0.1) is 0 Å². The van der Waals surface area contributed by atoms with Crippen LogP contribution in [0, 0.1) is 11.3 Å². The lowest BCUT2D eigenvalue weighted by atomic mass is 10.1. The highest BCUT2D eigenvalue weighted by atomic mass is 19.4. The van der Waals surface area contributed by atoms with Crippen molar-refractivity contribution in [1.29, 1.82) is 5.26 Å². The van der Waals surface area contributed by atoms with Crippen molar-refractivity contribution in [2.75, 3.05) is 0 Å². The van der Waals surface area contributed by atoms with Gasteiger partial charge in [-0.3, -0.25) is 0 Å². The standard InChI is InChI=1S/C9H5F5N2/c10-8(11)5-3-6(1-2-15)16-7(4-5)9(12,13)14/h3-4,8H,1H2. The van der Waals surface area contributed by atoms with Crippen molar-refractivity contribution in [2.24, 2.45) is 0 Å². The van der Waals surface area contributed by atoms with Crippen LogP contribution in [0.5, 0.6) is 0 Å². The molecule has 0 aliphatic heterocycles. The lowest BCUT2D eigenvalue weighted by molar-refractivity contribution is -0.141. The zero-order valence-electron chi connectivity index (χ0n) is 7.72.